The number of carbonyl (C=O) groups excluding carboxylic acids is 3. The van der Waals surface area contributed by atoms with Gasteiger partial charge >= 0.3 is 5.97 Å². The maximum Gasteiger partial charge on any atom is 0.329 e. The molecule has 0 spiro atoms. The molecule has 1 N–H and O–H groups in total. The Balaban J connectivity index is 1.47. The summed E-state index contributed by atoms with van der Waals surface area (Å²) in [6.07, 6.45) is 5.16. The summed E-state index contributed by atoms with van der Waals surface area (Å²) >= 11 is 0. The van der Waals surface area contributed by atoms with E-state index in [1.807, 2.05) is 37.3 Å². The molecule has 1 aliphatic heterocycles. The van der Waals surface area contributed by atoms with Crippen LogP contribution in [0.2, 0.25) is 0 Å². The van der Waals surface area contributed by atoms with E-state index in [9.17, 15) is 18.8 Å². The van der Waals surface area contributed by atoms with E-state index in [0.29, 0.717) is 19.4 Å². The number of alkyl halides is 1. The first-order valence-corrected chi connectivity index (χ1v) is 11.3. The van der Waals surface area contributed by atoms with Crippen molar-refractivity contribution in [3.63, 3.8) is 0 Å². The molecule has 3 fully saturated rings. The number of hydrogen-bond acceptors (Lipinski definition) is 4. The lowest BCUT2D eigenvalue weighted by atomic mass is 9.79. The molecule has 1 heterocycles. The SMILES string of the molecule is CC1(C(NC(=O)C2(F)CC2)C(=O)N2CCCC2C(=O)OCc2ccccc2)CCCC1. The zero-order valence-electron chi connectivity index (χ0n) is 18.1. The lowest BCUT2D eigenvalue weighted by molar-refractivity contribution is -0.156. The van der Waals surface area contributed by atoms with Gasteiger partial charge in [-0.3, -0.25) is 9.59 Å². The average Bonchev–Trinajstić information content (AvgIpc) is 3.17. The maximum absolute atomic E-state index is 14.4. The maximum atomic E-state index is 14.4. The molecule has 0 aromatic heterocycles. The van der Waals surface area contributed by atoms with Crippen LogP contribution in [0.15, 0.2) is 30.3 Å². The van der Waals surface area contributed by atoms with Gasteiger partial charge in [0.1, 0.15) is 18.7 Å². The topological polar surface area (TPSA) is 75.7 Å². The van der Waals surface area contributed by atoms with Crippen LogP contribution in [-0.4, -0.2) is 47.0 Å². The summed E-state index contributed by atoms with van der Waals surface area (Å²) in [4.78, 5) is 40.4. The van der Waals surface area contributed by atoms with E-state index in [0.717, 1.165) is 31.2 Å². The fraction of sp³-hybridized carbons (Fsp3) is 0.625. The highest BCUT2D eigenvalue weighted by molar-refractivity contribution is 5.95. The molecule has 1 saturated heterocycles. The van der Waals surface area contributed by atoms with Gasteiger partial charge in [0.05, 0.1) is 0 Å². The largest absolute Gasteiger partial charge is 0.459 e. The van der Waals surface area contributed by atoms with Crippen molar-refractivity contribution in [1.29, 1.82) is 0 Å². The summed E-state index contributed by atoms with van der Waals surface area (Å²) in [7, 11) is 0. The van der Waals surface area contributed by atoms with Crippen molar-refractivity contribution in [1.82, 2.24) is 10.2 Å². The number of amides is 2. The van der Waals surface area contributed by atoms with Crippen LogP contribution in [0.4, 0.5) is 4.39 Å². The summed E-state index contributed by atoms with van der Waals surface area (Å²) < 4.78 is 19.8. The first-order chi connectivity index (χ1) is 14.8. The van der Waals surface area contributed by atoms with Gasteiger partial charge in [-0.05, 0) is 49.5 Å². The van der Waals surface area contributed by atoms with Gasteiger partial charge in [-0.2, -0.15) is 0 Å². The number of carbonyl (C=O) groups is 3. The minimum absolute atomic E-state index is 0.153. The molecular weight excluding hydrogens is 399 g/mol. The van der Waals surface area contributed by atoms with E-state index in [2.05, 4.69) is 5.32 Å². The van der Waals surface area contributed by atoms with E-state index in [-0.39, 0.29) is 25.4 Å². The standard InChI is InChI=1S/C24H31FN2O4/c1-23(11-5-6-12-23)19(26-22(30)24(25)13-14-24)20(28)27-15-7-10-18(27)21(29)31-16-17-8-3-2-4-9-17/h2-4,8-9,18-19H,5-7,10-16H2,1H3,(H,26,30). The molecule has 2 saturated carbocycles. The second-order valence-electron chi connectivity index (χ2n) is 9.52. The molecule has 31 heavy (non-hydrogen) atoms. The number of nitrogens with zero attached hydrogens (tertiary/aromatic N) is 1. The second-order valence-corrected chi connectivity index (χ2v) is 9.52. The van der Waals surface area contributed by atoms with Crippen molar-refractivity contribution in [3.05, 3.63) is 35.9 Å². The minimum Gasteiger partial charge on any atom is -0.459 e. The van der Waals surface area contributed by atoms with Gasteiger partial charge in [-0.25, -0.2) is 9.18 Å². The van der Waals surface area contributed by atoms with Crippen LogP contribution in [-0.2, 0) is 25.7 Å². The molecule has 0 radical (unpaired) electrons. The van der Waals surface area contributed by atoms with Crippen molar-refractivity contribution in [2.24, 2.45) is 5.41 Å². The Kier molecular flexibility index (Phi) is 6.04. The first kappa shape index (κ1) is 21.8. The predicted molar refractivity (Wildman–Crippen MR) is 113 cm³/mol. The molecule has 2 aliphatic carbocycles. The van der Waals surface area contributed by atoms with Gasteiger partial charge in [0, 0.05) is 6.54 Å². The van der Waals surface area contributed by atoms with Crippen molar-refractivity contribution in [2.75, 3.05) is 6.54 Å². The molecule has 2 amide bonds. The molecular formula is C24H31FN2O4. The Bertz CT molecular complexity index is 833. The van der Waals surface area contributed by atoms with E-state index >= 15 is 0 Å². The average molecular weight is 431 g/mol. The van der Waals surface area contributed by atoms with Gasteiger partial charge in [-0.15, -0.1) is 0 Å². The van der Waals surface area contributed by atoms with Gasteiger partial charge in [-0.1, -0.05) is 50.1 Å². The zero-order chi connectivity index (χ0) is 22.1. The van der Waals surface area contributed by atoms with Crippen LogP contribution in [0.25, 0.3) is 0 Å². The van der Waals surface area contributed by atoms with Crippen molar-refractivity contribution >= 4 is 17.8 Å². The quantitative estimate of drug-likeness (QED) is 0.674. The normalized spacial score (nSPS) is 24.5. The third kappa shape index (κ3) is 4.60. The molecule has 0 bridgehead atoms. The fourth-order valence-corrected chi connectivity index (χ4v) is 4.87. The second kappa shape index (κ2) is 8.60. The van der Waals surface area contributed by atoms with Crippen molar-refractivity contribution in [3.8, 4) is 0 Å². The molecule has 7 heteroatoms. The minimum atomic E-state index is -1.84. The number of hydrogen-bond donors (Lipinski definition) is 1. The molecule has 2 unspecified atom stereocenters. The van der Waals surface area contributed by atoms with Crippen LogP contribution in [0.1, 0.15) is 63.9 Å². The summed E-state index contributed by atoms with van der Waals surface area (Å²) in [5.41, 5.74) is -1.39. The summed E-state index contributed by atoms with van der Waals surface area (Å²) in [6.45, 7) is 2.58. The molecule has 1 aromatic carbocycles. The smallest absolute Gasteiger partial charge is 0.329 e. The predicted octanol–water partition coefficient (Wildman–Crippen LogP) is 3.29. The Morgan fingerprint density at radius 2 is 1.81 bits per heavy atom. The van der Waals surface area contributed by atoms with Crippen LogP contribution in [0.5, 0.6) is 0 Å². The van der Waals surface area contributed by atoms with Crippen LogP contribution >= 0.6 is 0 Å². The lowest BCUT2D eigenvalue weighted by Gasteiger charge is -2.37. The molecule has 168 valence electrons. The van der Waals surface area contributed by atoms with E-state index in [4.69, 9.17) is 4.74 Å². The zero-order valence-corrected chi connectivity index (χ0v) is 18.1. The molecule has 6 nitrogen and oxygen atoms in total. The molecule has 4 rings (SSSR count). The fourth-order valence-electron chi connectivity index (χ4n) is 4.87. The highest BCUT2D eigenvalue weighted by atomic mass is 19.1. The van der Waals surface area contributed by atoms with E-state index in [1.165, 1.54) is 0 Å². The first-order valence-electron chi connectivity index (χ1n) is 11.3. The van der Waals surface area contributed by atoms with Gasteiger partial charge in [0.25, 0.3) is 5.91 Å². The van der Waals surface area contributed by atoms with E-state index in [1.54, 1.807) is 4.90 Å². The van der Waals surface area contributed by atoms with E-state index < -0.39 is 35.0 Å². The highest BCUT2D eigenvalue weighted by Crippen LogP contribution is 2.44. The van der Waals surface area contributed by atoms with Crippen LogP contribution < -0.4 is 5.32 Å². The third-order valence-electron chi connectivity index (χ3n) is 7.09. The Hall–Kier alpha value is -2.44. The Morgan fingerprint density at radius 3 is 2.45 bits per heavy atom. The lowest BCUT2D eigenvalue weighted by Crippen LogP contribution is -2.59. The number of ether oxygens (including phenoxy) is 1. The molecule has 3 aliphatic rings. The summed E-state index contributed by atoms with van der Waals surface area (Å²) in [5, 5.41) is 2.74. The van der Waals surface area contributed by atoms with Gasteiger partial charge in [0.15, 0.2) is 5.67 Å². The number of likely N-dealkylation sites (tertiary alicyclic amines) is 1. The molecule has 1 aromatic rings. The number of nitrogens with one attached hydrogen (secondary N) is 1. The van der Waals surface area contributed by atoms with Crippen LogP contribution in [0.3, 0.4) is 0 Å². The highest BCUT2D eigenvalue weighted by Gasteiger charge is 2.54. The monoisotopic (exact) mass is 430 g/mol. The Morgan fingerprint density at radius 1 is 1.13 bits per heavy atom. The Labute approximate surface area is 182 Å². The summed E-state index contributed by atoms with van der Waals surface area (Å²) in [5.74, 6) is -1.41. The van der Waals surface area contributed by atoms with Crippen LogP contribution in [0, 0.1) is 5.41 Å². The van der Waals surface area contributed by atoms with Gasteiger partial charge in [0.2, 0.25) is 5.91 Å². The third-order valence-corrected chi connectivity index (χ3v) is 7.09. The number of benzene rings is 1. The number of rotatable bonds is 7. The summed E-state index contributed by atoms with van der Waals surface area (Å²) in [6, 6.07) is 7.91. The van der Waals surface area contributed by atoms with Crippen molar-refractivity contribution in [2.45, 2.75) is 82.6 Å². The molecule has 2 atom stereocenters. The van der Waals surface area contributed by atoms with Crippen molar-refractivity contribution < 1.29 is 23.5 Å². The number of esters is 1. The number of halogens is 1. The van der Waals surface area contributed by atoms with Gasteiger partial charge < -0.3 is 15.0 Å².